The molecule has 0 radical (unpaired) electrons. The molecule has 1 aromatic heterocycles. The van der Waals surface area contributed by atoms with E-state index in [9.17, 15) is 56.7 Å². The number of halogens is 7. The molecule has 2 aliphatic heterocycles. The second-order valence-electron chi connectivity index (χ2n) is 19.2. The fourth-order valence-electron chi connectivity index (χ4n) is 9.72. The standard InChI is InChI=1S/C53H57ClF6N6O7S4/c1-35(2)66-36(3)51(76(70,71)53(58,59)60)49(50(66)37-12-14-39(54)15-13-37)38-8-7-9-43(32-38)65-30-28-64(29-31-65)42-18-16-40(17-19-42)62-77(72,73)46-20-21-47(48(33-46)75(68,69)52(55,56)57)61-41(34-74-45-10-5-4-6-11-45)22-25-63-26-23-44(67)24-27-63/h4-21,32-33,35,41,44,61-62,67H,22-31,34H2,1-3H3/t41-/m1/s1. The number of anilines is 4. The maximum atomic E-state index is 14.4. The van der Waals surface area contributed by atoms with Crippen LogP contribution in [-0.4, -0.2) is 115 Å². The van der Waals surface area contributed by atoms with Crippen LogP contribution in [0.4, 0.5) is 49.1 Å². The van der Waals surface area contributed by atoms with Crippen molar-refractivity contribution in [1.82, 2.24) is 9.47 Å². The van der Waals surface area contributed by atoms with Crippen LogP contribution in [0.1, 0.15) is 44.8 Å². The first-order valence-corrected chi connectivity index (χ1v) is 30.4. The molecule has 0 aliphatic carbocycles. The summed E-state index contributed by atoms with van der Waals surface area (Å²) in [7, 11) is -16.6. The fourth-order valence-corrected chi connectivity index (χ4v) is 14.1. The van der Waals surface area contributed by atoms with Crippen molar-refractivity contribution in [3.8, 4) is 22.4 Å². The highest BCUT2D eigenvalue weighted by molar-refractivity contribution is 7.99. The van der Waals surface area contributed by atoms with Gasteiger partial charge in [0.05, 0.1) is 22.4 Å². The van der Waals surface area contributed by atoms with Crippen LogP contribution in [0.2, 0.25) is 5.02 Å². The lowest BCUT2D eigenvalue weighted by atomic mass is 10.00. The van der Waals surface area contributed by atoms with Gasteiger partial charge in [-0.15, -0.1) is 11.8 Å². The summed E-state index contributed by atoms with van der Waals surface area (Å²) in [4.78, 5) is 4.23. The number of sulfone groups is 2. The molecule has 5 aromatic carbocycles. The van der Waals surface area contributed by atoms with Gasteiger partial charge in [0.25, 0.3) is 29.7 Å². The Kier molecular flexibility index (Phi) is 17.3. The Morgan fingerprint density at radius 3 is 1.91 bits per heavy atom. The van der Waals surface area contributed by atoms with Crippen LogP contribution in [0.5, 0.6) is 0 Å². The summed E-state index contributed by atoms with van der Waals surface area (Å²) < 4.78 is 171. The number of rotatable bonds is 18. The maximum absolute atomic E-state index is 14.4. The largest absolute Gasteiger partial charge is 0.502 e. The van der Waals surface area contributed by atoms with E-state index in [1.807, 2.05) is 40.1 Å². The number of hydrogen-bond acceptors (Lipinski definition) is 12. The number of benzene rings is 5. The van der Waals surface area contributed by atoms with Crippen molar-refractivity contribution in [2.75, 3.05) is 71.4 Å². The Morgan fingerprint density at radius 1 is 0.701 bits per heavy atom. The Balaban J connectivity index is 0.990. The van der Waals surface area contributed by atoms with E-state index in [1.54, 1.807) is 79.1 Å². The van der Waals surface area contributed by atoms with E-state index in [2.05, 4.69) is 14.9 Å². The maximum Gasteiger partial charge on any atom is 0.502 e. The highest BCUT2D eigenvalue weighted by Crippen LogP contribution is 2.48. The van der Waals surface area contributed by atoms with E-state index in [1.165, 1.54) is 30.8 Å². The van der Waals surface area contributed by atoms with Crippen molar-refractivity contribution in [2.45, 2.75) is 88.8 Å². The molecule has 8 rings (SSSR count). The Labute approximate surface area is 454 Å². The van der Waals surface area contributed by atoms with Gasteiger partial charge in [0.15, 0.2) is 0 Å². The number of hydrogen-bond donors (Lipinski definition) is 3. The Hall–Kier alpha value is -5.43. The number of nitrogens with one attached hydrogen (secondary N) is 2. The molecule has 0 spiro atoms. The number of aliphatic hydroxyl groups excluding tert-OH is 1. The van der Waals surface area contributed by atoms with Gasteiger partial charge in [-0.25, -0.2) is 25.3 Å². The Bertz CT molecular complexity index is 3390. The minimum absolute atomic E-state index is 0.0428. The van der Waals surface area contributed by atoms with Crippen LogP contribution in [-0.2, 0) is 29.7 Å². The molecule has 2 saturated heterocycles. The predicted octanol–water partition coefficient (Wildman–Crippen LogP) is 11.5. The lowest BCUT2D eigenvalue weighted by Crippen LogP contribution is -2.46. The first-order valence-electron chi connectivity index (χ1n) is 24.6. The molecule has 0 amide bonds. The molecular weight excluding hydrogens is 1110 g/mol. The summed E-state index contributed by atoms with van der Waals surface area (Å²) in [6.07, 6.45) is 1.13. The number of piperidine rings is 1. The van der Waals surface area contributed by atoms with E-state index in [0.29, 0.717) is 98.9 Å². The van der Waals surface area contributed by atoms with E-state index in [-0.39, 0.29) is 28.2 Å². The van der Waals surface area contributed by atoms with Crippen molar-refractivity contribution in [1.29, 1.82) is 0 Å². The summed E-state index contributed by atoms with van der Waals surface area (Å²) >= 11 is 7.61. The summed E-state index contributed by atoms with van der Waals surface area (Å²) in [5, 5.41) is 13.4. The van der Waals surface area contributed by atoms with Gasteiger partial charge in [0.1, 0.15) is 9.79 Å². The number of aromatic nitrogens is 1. The first-order chi connectivity index (χ1) is 36.2. The molecule has 3 heterocycles. The lowest BCUT2D eigenvalue weighted by Gasteiger charge is -2.37. The molecule has 77 heavy (non-hydrogen) atoms. The number of likely N-dealkylation sites (tertiary alicyclic amines) is 1. The van der Waals surface area contributed by atoms with Gasteiger partial charge < -0.3 is 29.7 Å². The van der Waals surface area contributed by atoms with Crippen LogP contribution in [0.3, 0.4) is 0 Å². The number of thioether (sulfide) groups is 1. The highest BCUT2D eigenvalue weighted by Gasteiger charge is 2.51. The number of sulfonamides is 1. The zero-order valence-electron chi connectivity index (χ0n) is 42.0. The second-order valence-corrected chi connectivity index (χ2v) is 26.2. The fraction of sp³-hybridized carbons (Fsp3) is 0.358. The molecule has 414 valence electrons. The summed E-state index contributed by atoms with van der Waals surface area (Å²) in [6.45, 7) is 8.35. The van der Waals surface area contributed by atoms with Crippen LogP contribution < -0.4 is 19.8 Å². The highest BCUT2D eigenvalue weighted by atomic mass is 35.5. The van der Waals surface area contributed by atoms with Gasteiger partial charge in [-0.2, -0.15) is 26.3 Å². The molecule has 0 saturated carbocycles. The summed E-state index contributed by atoms with van der Waals surface area (Å²) in [5.41, 5.74) is -9.53. The van der Waals surface area contributed by atoms with Crippen molar-refractivity contribution in [2.24, 2.45) is 0 Å². The molecule has 3 N–H and O–H groups in total. The van der Waals surface area contributed by atoms with Crippen molar-refractivity contribution in [3.63, 3.8) is 0 Å². The molecule has 0 bridgehead atoms. The minimum atomic E-state index is -6.07. The predicted molar refractivity (Wildman–Crippen MR) is 291 cm³/mol. The number of aliphatic hydroxyl groups is 1. The second kappa shape index (κ2) is 23.1. The molecule has 0 unspecified atom stereocenters. The van der Waals surface area contributed by atoms with E-state index in [4.69, 9.17) is 11.6 Å². The first kappa shape index (κ1) is 57.7. The average molecular weight is 1170 g/mol. The summed E-state index contributed by atoms with van der Waals surface area (Å²) in [6, 6.07) is 30.2. The monoisotopic (exact) mass is 1170 g/mol. The summed E-state index contributed by atoms with van der Waals surface area (Å²) in [5.74, 6) is 0.335. The third kappa shape index (κ3) is 12.9. The molecule has 1 atom stereocenters. The van der Waals surface area contributed by atoms with E-state index in [0.717, 1.165) is 17.0 Å². The van der Waals surface area contributed by atoms with Crippen molar-refractivity contribution in [3.05, 3.63) is 132 Å². The SMILES string of the molecule is Cc1c(S(=O)(=O)C(F)(F)F)c(-c2cccc(N3CCN(c4ccc(NS(=O)(=O)c5ccc(N[C@H](CCN6CCC(O)CC6)CSc6ccccc6)c(S(=O)(=O)C(F)(F)F)c5)cc4)CC3)c2)c(-c2ccc(Cl)cc2)n1C(C)C. The van der Waals surface area contributed by atoms with E-state index < -0.39 is 79.3 Å². The van der Waals surface area contributed by atoms with E-state index >= 15 is 0 Å². The van der Waals surface area contributed by atoms with Crippen LogP contribution in [0, 0.1) is 6.92 Å². The van der Waals surface area contributed by atoms with Gasteiger partial charge in [-0.3, -0.25) is 4.72 Å². The molecule has 6 aromatic rings. The Morgan fingerprint density at radius 2 is 1.31 bits per heavy atom. The number of nitrogens with zero attached hydrogens (tertiary/aromatic N) is 4. The molecular formula is C53H57ClF6N6O7S4. The molecule has 13 nitrogen and oxygen atoms in total. The topological polar surface area (TPSA) is 161 Å². The lowest BCUT2D eigenvalue weighted by molar-refractivity contribution is -0.0442. The smallest absolute Gasteiger partial charge is 0.393 e. The third-order valence-electron chi connectivity index (χ3n) is 13.6. The number of alkyl halides is 6. The van der Waals surface area contributed by atoms with Crippen LogP contribution in [0.15, 0.2) is 141 Å². The van der Waals surface area contributed by atoms with Gasteiger partial charge in [-0.05, 0) is 130 Å². The van der Waals surface area contributed by atoms with Gasteiger partial charge >= 0.3 is 11.0 Å². The molecule has 2 fully saturated rings. The van der Waals surface area contributed by atoms with Crippen molar-refractivity contribution < 1.29 is 56.7 Å². The van der Waals surface area contributed by atoms with Crippen LogP contribution in [0.25, 0.3) is 22.4 Å². The van der Waals surface area contributed by atoms with Gasteiger partial charge in [0.2, 0.25) is 0 Å². The van der Waals surface area contributed by atoms with Gasteiger partial charge in [0, 0.05) is 102 Å². The minimum Gasteiger partial charge on any atom is -0.393 e. The molecule has 24 heteroatoms. The normalized spacial score (nSPS) is 16.0. The van der Waals surface area contributed by atoms with Crippen molar-refractivity contribution >= 4 is 75.8 Å². The van der Waals surface area contributed by atoms with Crippen LogP contribution >= 0.6 is 23.4 Å². The quantitative estimate of drug-likeness (QED) is 0.0553. The average Bonchev–Trinajstić information content (AvgIpc) is 4.01. The zero-order valence-corrected chi connectivity index (χ0v) is 46.0. The third-order valence-corrected chi connectivity index (χ3v) is 19.6. The van der Waals surface area contributed by atoms with Gasteiger partial charge in [-0.1, -0.05) is 54.1 Å². The zero-order chi connectivity index (χ0) is 55.7. The molecule has 2 aliphatic rings. The number of piperazine rings is 1.